The molecule has 1 atom stereocenters. The highest BCUT2D eigenvalue weighted by molar-refractivity contribution is 5.91. The number of furan rings is 1. The first kappa shape index (κ1) is 21.2. The molecule has 158 valence electrons. The highest BCUT2D eigenvalue weighted by Gasteiger charge is 2.16. The molecule has 1 amide bonds. The molecule has 0 bridgehead atoms. The molecule has 1 heterocycles. The summed E-state index contributed by atoms with van der Waals surface area (Å²) in [5, 5.41) is 2.69. The summed E-state index contributed by atoms with van der Waals surface area (Å²) in [5.41, 5.74) is 0. The monoisotopic (exact) mass is 417 g/mol. The van der Waals surface area contributed by atoms with Gasteiger partial charge in [-0.15, -0.1) is 0 Å². The topological polar surface area (TPSA) is 69.9 Å². The summed E-state index contributed by atoms with van der Waals surface area (Å²) in [7, 11) is 1.55. The molecule has 0 saturated carbocycles. The van der Waals surface area contributed by atoms with Crippen molar-refractivity contribution in [2.24, 2.45) is 0 Å². The van der Waals surface area contributed by atoms with Crippen molar-refractivity contribution in [3.8, 4) is 17.2 Å². The second-order valence-electron chi connectivity index (χ2n) is 6.47. The van der Waals surface area contributed by atoms with Gasteiger partial charge in [-0.25, -0.2) is 8.78 Å². The zero-order chi connectivity index (χ0) is 21.5. The van der Waals surface area contributed by atoms with Crippen LogP contribution in [0.4, 0.5) is 8.78 Å². The van der Waals surface area contributed by atoms with Crippen LogP contribution in [0.3, 0.4) is 0 Å². The third kappa shape index (κ3) is 5.50. The number of ether oxygens (including phenoxy) is 3. The smallest absolute Gasteiger partial charge is 0.287 e. The number of hydrogen-bond donors (Lipinski definition) is 1. The normalized spacial score (nSPS) is 11.6. The highest BCUT2D eigenvalue weighted by Crippen LogP contribution is 2.26. The third-order valence-corrected chi connectivity index (χ3v) is 4.08. The molecule has 3 aromatic rings. The Morgan fingerprint density at radius 1 is 1.03 bits per heavy atom. The number of benzene rings is 2. The Labute approximate surface area is 172 Å². The third-order valence-electron chi connectivity index (χ3n) is 4.08. The van der Waals surface area contributed by atoms with Crippen LogP contribution >= 0.6 is 0 Å². The van der Waals surface area contributed by atoms with E-state index in [1.807, 2.05) is 12.1 Å². The number of hydrogen-bond acceptors (Lipinski definition) is 5. The van der Waals surface area contributed by atoms with Gasteiger partial charge in [-0.1, -0.05) is 12.1 Å². The van der Waals surface area contributed by atoms with Crippen LogP contribution < -0.4 is 19.5 Å². The summed E-state index contributed by atoms with van der Waals surface area (Å²) in [6.45, 7) is 1.81. The molecule has 0 spiro atoms. The van der Waals surface area contributed by atoms with E-state index in [0.717, 1.165) is 12.1 Å². The quantitative estimate of drug-likeness (QED) is 0.561. The van der Waals surface area contributed by atoms with E-state index >= 15 is 0 Å². The minimum atomic E-state index is -0.806. The Hall–Kier alpha value is -3.55. The minimum Gasteiger partial charge on any atom is -0.493 e. The Morgan fingerprint density at radius 2 is 1.80 bits per heavy atom. The van der Waals surface area contributed by atoms with Gasteiger partial charge < -0.3 is 23.9 Å². The van der Waals surface area contributed by atoms with Gasteiger partial charge in [0.15, 0.2) is 28.8 Å². The number of halogens is 2. The Morgan fingerprint density at radius 3 is 2.53 bits per heavy atom. The number of methoxy groups -OCH3 is 1. The number of rotatable bonds is 9. The molecule has 0 saturated heterocycles. The summed E-state index contributed by atoms with van der Waals surface area (Å²) in [4.78, 5) is 12.3. The van der Waals surface area contributed by atoms with E-state index in [0.29, 0.717) is 17.3 Å². The van der Waals surface area contributed by atoms with Crippen LogP contribution in [-0.2, 0) is 6.61 Å². The summed E-state index contributed by atoms with van der Waals surface area (Å²) in [6, 6.07) is 12.9. The molecule has 30 heavy (non-hydrogen) atoms. The van der Waals surface area contributed by atoms with Gasteiger partial charge in [0.1, 0.15) is 24.8 Å². The van der Waals surface area contributed by atoms with Crippen LogP contribution in [0.2, 0.25) is 0 Å². The van der Waals surface area contributed by atoms with Crippen LogP contribution in [0.15, 0.2) is 59.0 Å². The van der Waals surface area contributed by atoms with E-state index in [4.69, 9.17) is 18.6 Å². The highest BCUT2D eigenvalue weighted by atomic mass is 19.1. The van der Waals surface area contributed by atoms with Gasteiger partial charge in [-0.05, 0) is 43.3 Å². The first-order valence-electron chi connectivity index (χ1n) is 9.19. The molecular formula is C22H21F2NO5. The van der Waals surface area contributed by atoms with Crippen LogP contribution in [0.25, 0.3) is 0 Å². The molecular weight excluding hydrogens is 396 g/mol. The first-order chi connectivity index (χ1) is 14.5. The predicted octanol–water partition coefficient (Wildman–Crippen LogP) is 4.34. The molecule has 2 aromatic carbocycles. The van der Waals surface area contributed by atoms with Crippen LogP contribution in [0, 0.1) is 11.6 Å². The molecule has 1 N–H and O–H groups in total. The number of para-hydroxylation sites is 2. The van der Waals surface area contributed by atoms with Crippen molar-refractivity contribution in [2.75, 3.05) is 13.7 Å². The van der Waals surface area contributed by atoms with Crippen molar-refractivity contribution in [1.29, 1.82) is 0 Å². The van der Waals surface area contributed by atoms with Crippen molar-refractivity contribution in [3.05, 3.63) is 77.8 Å². The second kappa shape index (κ2) is 9.78. The van der Waals surface area contributed by atoms with E-state index in [9.17, 15) is 13.6 Å². The molecule has 0 aliphatic rings. The number of nitrogens with one attached hydrogen (secondary N) is 1. The number of amides is 1. The van der Waals surface area contributed by atoms with Crippen molar-refractivity contribution < 1.29 is 32.2 Å². The van der Waals surface area contributed by atoms with Gasteiger partial charge >= 0.3 is 0 Å². The molecule has 3 rings (SSSR count). The van der Waals surface area contributed by atoms with E-state index in [1.54, 1.807) is 32.2 Å². The lowest BCUT2D eigenvalue weighted by molar-refractivity contribution is 0.0894. The van der Waals surface area contributed by atoms with Crippen LogP contribution in [0.1, 0.15) is 23.2 Å². The molecule has 0 aliphatic carbocycles. The minimum absolute atomic E-state index is 0.00122. The molecule has 1 unspecified atom stereocenters. The van der Waals surface area contributed by atoms with E-state index in [-0.39, 0.29) is 24.7 Å². The standard InChI is InChI=1S/C22H21F2NO5/c1-14(12-28-18-9-7-15(23)11-17(18)24)25-22(26)21-10-8-16(30-21)13-29-20-6-4-3-5-19(20)27-2/h3-11,14H,12-13H2,1-2H3,(H,25,26). The van der Waals surface area contributed by atoms with Gasteiger partial charge in [0, 0.05) is 6.07 Å². The average Bonchev–Trinajstić information content (AvgIpc) is 3.21. The summed E-state index contributed by atoms with van der Waals surface area (Å²) >= 11 is 0. The van der Waals surface area contributed by atoms with Crippen LogP contribution in [0.5, 0.6) is 17.2 Å². The van der Waals surface area contributed by atoms with Gasteiger partial charge in [-0.2, -0.15) is 0 Å². The maximum absolute atomic E-state index is 13.6. The zero-order valence-electron chi connectivity index (χ0n) is 16.5. The van der Waals surface area contributed by atoms with E-state index in [2.05, 4.69) is 5.32 Å². The lowest BCUT2D eigenvalue weighted by Crippen LogP contribution is -2.36. The summed E-state index contributed by atoms with van der Waals surface area (Å²) in [6.07, 6.45) is 0. The largest absolute Gasteiger partial charge is 0.493 e. The van der Waals surface area contributed by atoms with Crippen LogP contribution in [-0.4, -0.2) is 25.7 Å². The molecule has 0 fully saturated rings. The molecule has 1 aromatic heterocycles. The zero-order valence-corrected chi connectivity index (χ0v) is 16.5. The molecule has 6 nitrogen and oxygen atoms in total. The van der Waals surface area contributed by atoms with Gasteiger partial charge in [0.25, 0.3) is 5.91 Å². The second-order valence-corrected chi connectivity index (χ2v) is 6.47. The lowest BCUT2D eigenvalue weighted by Gasteiger charge is -2.14. The molecule has 0 aliphatic heterocycles. The summed E-state index contributed by atoms with van der Waals surface area (Å²) in [5.74, 6) is -0.323. The Bertz CT molecular complexity index is 1000. The van der Waals surface area contributed by atoms with Crippen molar-refractivity contribution >= 4 is 5.91 Å². The van der Waals surface area contributed by atoms with Gasteiger partial charge in [-0.3, -0.25) is 4.79 Å². The SMILES string of the molecule is COc1ccccc1OCc1ccc(C(=O)NC(C)COc2ccc(F)cc2F)o1. The van der Waals surface area contributed by atoms with E-state index in [1.165, 1.54) is 12.1 Å². The molecule has 8 heteroatoms. The van der Waals surface area contributed by atoms with Crippen molar-refractivity contribution in [1.82, 2.24) is 5.32 Å². The Kier molecular flexibility index (Phi) is 6.90. The molecule has 0 radical (unpaired) electrons. The van der Waals surface area contributed by atoms with Crippen molar-refractivity contribution in [3.63, 3.8) is 0 Å². The fraction of sp³-hybridized carbons (Fsp3) is 0.227. The lowest BCUT2D eigenvalue weighted by atomic mass is 10.3. The fourth-order valence-corrected chi connectivity index (χ4v) is 2.61. The fourth-order valence-electron chi connectivity index (χ4n) is 2.61. The number of carbonyl (C=O) groups excluding carboxylic acids is 1. The van der Waals surface area contributed by atoms with Gasteiger partial charge in [0.2, 0.25) is 0 Å². The average molecular weight is 417 g/mol. The van der Waals surface area contributed by atoms with Gasteiger partial charge in [0.05, 0.1) is 13.2 Å². The Balaban J connectivity index is 1.50. The maximum atomic E-state index is 13.6. The first-order valence-corrected chi connectivity index (χ1v) is 9.19. The predicted molar refractivity (Wildman–Crippen MR) is 105 cm³/mol. The number of carbonyl (C=O) groups is 1. The van der Waals surface area contributed by atoms with Crippen molar-refractivity contribution in [2.45, 2.75) is 19.6 Å². The van der Waals surface area contributed by atoms with E-state index < -0.39 is 23.6 Å². The summed E-state index contributed by atoms with van der Waals surface area (Å²) < 4.78 is 48.2. The maximum Gasteiger partial charge on any atom is 0.287 e.